The Balaban J connectivity index is 1.98. The van der Waals surface area contributed by atoms with E-state index in [2.05, 4.69) is 30.6 Å². The van der Waals surface area contributed by atoms with Gasteiger partial charge in [-0.1, -0.05) is 27.2 Å². The van der Waals surface area contributed by atoms with Gasteiger partial charge in [0.15, 0.2) is 0 Å². The highest BCUT2D eigenvalue weighted by atomic mass is 15.3. The molecule has 2 N–H and O–H groups in total. The van der Waals surface area contributed by atoms with Crippen LogP contribution in [0.4, 0.5) is 0 Å². The summed E-state index contributed by atoms with van der Waals surface area (Å²) in [5, 5.41) is 0. The molecule has 0 radical (unpaired) electrons. The van der Waals surface area contributed by atoms with Crippen LogP contribution in [0.25, 0.3) is 0 Å². The van der Waals surface area contributed by atoms with E-state index in [1.165, 1.54) is 58.3 Å². The second-order valence-corrected chi connectivity index (χ2v) is 6.56. The molecule has 2 rings (SSSR count). The lowest BCUT2D eigenvalue weighted by atomic mass is 9.93. The van der Waals surface area contributed by atoms with Crippen molar-refractivity contribution in [2.75, 3.05) is 32.7 Å². The maximum Gasteiger partial charge on any atom is 0.0335 e. The Hall–Kier alpha value is -0.120. The van der Waals surface area contributed by atoms with Crippen molar-refractivity contribution in [2.24, 2.45) is 11.7 Å². The molecule has 1 saturated heterocycles. The van der Waals surface area contributed by atoms with E-state index in [0.29, 0.717) is 5.54 Å². The first kappa shape index (κ1) is 15.3. The molecule has 1 aliphatic heterocycles. The SMILES string of the molecule is CCC1CCC(CN)(N2CCC(N(CC)CC)C2)C1. The summed E-state index contributed by atoms with van der Waals surface area (Å²) in [7, 11) is 0. The highest BCUT2D eigenvalue weighted by molar-refractivity contribution is 5.02. The van der Waals surface area contributed by atoms with Crippen molar-refractivity contribution in [3.8, 4) is 0 Å². The Kier molecular flexibility index (Phi) is 5.27. The summed E-state index contributed by atoms with van der Waals surface area (Å²) < 4.78 is 0. The number of hydrogen-bond acceptors (Lipinski definition) is 3. The van der Waals surface area contributed by atoms with Gasteiger partial charge in [0.25, 0.3) is 0 Å². The van der Waals surface area contributed by atoms with Gasteiger partial charge in [0.2, 0.25) is 0 Å². The standard InChI is InChI=1S/C16H33N3/c1-4-14-7-9-16(11-14,13-17)19-10-8-15(12-19)18(5-2)6-3/h14-15H,4-13,17H2,1-3H3. The van der Waals surface area contributed by atoms with Gasteiger partial charge in [-0.2, -0.15) is 0 Å². The van der Waals surface area contributed by atoms with Gasteiger partial charge in [-0.25, -0.2) is 0 Å². The second-order valence-electron chi connectivity index (χ2n) is 6.56. The molecule has 0 aromatic rings. The highest BCUT2D eigenvalue weighted by Crippen LogP contribution is 2.41. The smallest absolute Gasteiger partial charge is 0.0335 e. The maximum absolute atomic E-state index is 6.20. The van der Waals surface area contributed by atoms with Gasteiger partial charge in [0.1, 0.15) is 0 Å². The predicted octanol–water partition coefficient (Wildman–Crippen LogP) is 2.31. The van der Waals surface area contributed by atoms with Crippen molar-refractivity contribution in [1.82, 2.24) is 9.80 Å². The van der Waals surface area contributed by atoms with E-state index < -0.39 is 0 Å². The van der Waals surface area contributed by atoms with E-state index in [1.807, 2.05) is 0 Å². The fourth-order valence-corrected chi connectivity index (χ4v) is 4.38. The van der Waals surface area contributed by atoms with Crippen molar-refractivity contribution in [2.45, 2.75) is 64.5 Å². The molecule has 0 amide bonds. The zero-order valence-electron chi connectivity index (χ0n) is 13.2. The molecule has 0 spiro atoms. The summed E-state index contributed by atoms with van der Waals surface area (Å²) in [4.78, 5) is 5.36. The minimum Gasteiger partial charge on any atom is -0.329 e. The van der Waals surface area contributed by atoms with Crippen LogP contribution in [0.15, 0.2) is 0 Å². The number of rotatable bonds is 6. The Morgan fingerprint density at radius 1 is 1.21 bits per heavy atom. The molecule has 0 aromatic heterocycles. The maximum atomic E-state index is 6.20. The molecule has 1 aliphatic carbocycles. The first-order chi connectivity index (χ1) is 9.19. The summed E-state index contributed by atoms with van der Waals surface area (Å²) in [6.07, 6.45) is 6.72. The molecule has 0 aromatic carbocycles. The molecule has 2 fully saturated rings. The number of nitrogens with zero attached hydrogens (tertiary/aromatic N) is 2. The van der Waals surface area contributed by atoms with E-state index in [-0.39, 0.29) is 0 Å². The fourth-order valence-electron chi connectivity index (χ4n) is 4.38. The lowest BCUT2D eigenvalue weighted by Crippen LogP contribution is -2.52. The molecule has 1 heterocycles. The van der Waals surface area contributed by atoms with Crippen LogP contribution in [0, 0.1) is 5.92 Å². The van der Waals surface area contributed by atoms with E-state index in [0.717, 1.165) is 18.5 Å². The monoisotopic (exact) mass is 267 g/mol. The minimum absolute atomic E-state index is 0.336. The lowest BCUT2D eigenvalue weighted by Gasteiger charge is -2.39. The molecule has 19 heavy (non-hydrogen) atoms. The van der Waals surface area contributed by atoms with E-state index >= 15 is 0 Å². The second kappa shape index (κ2) is 6.55. The molecule has 3 atom stereocenters. The van der Waals surface area contributed by atoms with Gasteiger partial charge in [0, 0.05) is 31.2 Å². The van der Waals surface area contributed by atoms with Gasteiger partial charge in [-0.05, 0) is 44.7 Å². The Bertz CT molecular complexity index is 277. The number of likely N-dealkylation sites (N-methyl/N-ethyl adjacent to an activating group) is 1. The molecule has 3 nitrogen and oxygen atoms in total. The summed E-state index contributed by atoms with van der Waals surface area (Å²) in [6, 6.07) is 0.763. The van der Waals surface area contributed by atoms with Crippen LogP contribution in [0.2, 0.25) is 0 Å². The quantitative estimate of drug-likeness (QED) is 0.801. The topological polar surface area (TPSA) is 32.5 Å². The van der Waals surface area contributed by atoms with Gasteiger partial charge in [-0.3, -0.25) is 9.80 Å². The average molecular weight is 267 g/mol. The Morgan fingerprint density at radius 3 is 2.47 bits per heavy atom. The van der Waals surface area contributed by atoms with Gasteiger partial charge >= 0.3 is 0 Å². The molecule has 0 bridgehead atoms. The average Bonchev–Trinajstić information content (AvgIpc) is 3.07. The summed E-state index contributed by atoms with van der Waals surface area (Å²) in [6.45, 7) is 12.6. The van der Waals surface area contributed by atoms with E-state index in [1.54, 1.807) is 0 Å². The fraction of sp³-hybridized carbons (Fsp3) is 1.00. The van der Waals surface area contributed by atoms with E-state index in [9.17, 15) is 0 Å². The Labute approximate surface area is 119 Å². The summed E-state index contributed by atoms with van der Waals surface area (Å²) >= 11 is 0. The normalized spacial score (nSPS) is 36.5. The number of nitrogens with two attached hydrogens (primary N) is 1. The summed E-state index contributed by atoms with van der Waals surface area (Å²) in [5.41, 5.74) is 6.53. The molecule has 1 saturated carbocycles. The third kappa shape index (κ3) is 2.98. The Morgan fingerprint density at radius 2 is 1.95 bits per heavy atom. The van der Waals surface area contributed by atoms with Crippen molar-refractivity contribution in [1.29, 1.82) is 0 Å². The van der Waals surface area contributed by atoms with E-state index in [4.69, 9.17) is 5.73 Å². The number of likely N-dealkylation sites (tertiary alicyclic amines) is 1. The molecular weight excluding hydrogens is 234 g/mol. The highest BCUT2D eigenvalue weighted by Gasteiger charge is 2.45. The van der Waals surface area contributed by atoms with Crippen LogP contribution >= 0.6 is 0 Å². The van der Waals surface area contributed by atoms with Crippen molar-refractivity contribution in [3.63, 3.8) is 0 Å². The van der Waals surface area contributed by atoms with Gasteiger partial charge in [-0.15, -0.1) is 0 Å². The summed E-state index contributed by atoms with van der Waals surface area (Å²) in [5.74, 6) is 0.913. The zero-order chi connectivity index (χ0) is 13.9. The minimum atomic E-state index is 0.336. The van der Waals surface area contributed by atoms with Gasteiger partial charge < -0.3 is 5.73 Å². The molecular formula is C16H33N3. The third-order valence-corrected chi connectivity index (χ3v) is 5.81. The van der Waals surface area contributed by atoms with Crippen molar-refractivity contribution < 1.29 is 0 Å². The van der Waals surface area contributed by atoms with Crippen LogP contribution in [-0.4, -0.2) is 54.1 Å². The molecule has 112 valence electrons. The third-order valence-electron chi connectivity index (χ3n) is 5.81. The number of hydrogen-bond donors (Lipinski definition) is 1. The van der Waals surface area contributed by atoms with Crippen molar-refractivity contribution in [3.05, 3.63) is 0 Å². The van der Waals surface area contributed by atoms with Crippen molar-refractivity contribution >= 4 is 0 Å². The first-order valence-electron chi connectivity index (χ1n) is 8.38. The van der Waals surface area contributed by atoms with Crippen LogP contribution in [0.3, 0.4) is 0 Å². The molecule has 3 heteroatoms. The lowest BCUT2D eigenvalue weighted by molar-refractivity contribution is 0.109. The largest absolute Gasteiger partial charge is 0.329 e. The zero-order valence-corrected chi connectivity index (χ0v) is 13.2. The van der Waals surface area contributed by atoms with Gasteiger partial charge in [0.05, 0.1) is 0 Å². The van der Waals surface area contributed by atoms with Crippen LogP contribution < -0.4 is 5.73 Å². The predicted molar refractivity (Wildman–Crippen MR) is 82.3 cm³/mol. The van der Waals surface area contributed by atoms with Crippen LogP contribution in [-0.2, 0) is 0 Å². The molecule has 2 aliphatic rings. The van der Waals surface area contributed by atoms with Crippen LogP contribution in [0.5, 0.6) is 0 Å². The molecule has 3 unspecified atom stereocenters. The van der Waals surface area contributed by atoms with Crippen LogP contribution in [0.1, 0.15) is 52.9 Å². The first-order valence-corrected chi connectivity index (χ1v) is 8.38.